The SMILES string of the molecule is CCSc1ccccc1CNCCOC. The highest BCUT2D eigenvalue weighted by molar-refractivity contribution is 7.99. The lowest BCUT2D eigenvalue weighted by atomic mass is 10.2. The van der Waals surface area contributed by atoms with Crippen LogP contribution >= 0.6 is 11.8 Å². The van der Waals surface area contributed by atoms with Gasteiger partial charge in [0, 0.05) is 25.1 Å². The minimum atomic E-state index is 0.767. The highest BCUT2D eigenvalue weighted by Crippen LogP contribution is 2.21. The Morgan fingerprint density at radius 2 is 2.13 bits per heavy atom. The fourth-order valence-corrected chi connectivity index (χ4v) is 2.15. The van der Waals surface area contributed by atoms with Gasteiger partial charge in [0.05, 0.1) is 6.61 Å². The van der Waals surface area contributed by atoms with Crippen molar-refractivity contribution in [1.82, 2.24) is 5.32 Å². The maximum atomic E-state index is 4.99. The van der Waals surface area contributed by atoms with Crippen LogP contribution in [0.15, 0.2) is 29.2 Å². The van der Waals surface area contributed by atoms with E-state index in [1.807, 2.05) is 11.8 Å². The number of nitrogens with one attached hydrogen (secondary N) is 1. The second kappa shape index (κ2) is 7.74. The van der Waals surface area contributed by atoms with E-state index in [1.165, 1.54) is 10.5 Å². The van der Waals surface area contributed by atoms with E-state index in [0.717, 1.165) is 25.4 Å². The summed E-state index contributed by atoms with van der Waals surface area (Å²) in [6, 6.07) is 8.54. The van der Waals surface area contributed by atoms with Crippen LogP contribution in [0.25, 0.3) is 0 Å². The minimum absolute atomic E-state index is 0.767. The largest absolute Gasteiger partial charge is 0.383 e. The van der Waals surface area contributed by atoms with Gasteiger partial charge in [0.15, 0.2) is 0 Å². The minimum Gasteiger partial charge on any atom is -0.383 e. The van der Waals surface area contributed by atoms with Gasteiger partial charge in [0.25, 0.3) is 0 Å². The molecule has 84 valence electrons. The predicted molar refractivity (Wildman–Crippen MR) is 66.4 cm³/mol. The monoisotopic (exact) mass is 225 g/mol. The van der Waals surface area contributed by atoms with Crippen molar-refractivity contribution in [2.24, 2.45) is 0 Å². The molecule has 0 aliphatic rings. The summed E-state index contributed by atoms with van der Waals surface area (Å²) < 4.78 is 4.99. The van der Waals surface area contributed by atoms with E-state index in [0.29, 0.717) is 0 Å². The van der Waals surface area contributed by atoms with Crippen molar-refractivity contribution < 1.29 is 4.74 Å². The van der Waals surface area contributed by atoms with Crippen LogP contribution < -0.4 is 5.32 Å². The molecule has 15 heavy (non-hydrogen) atoms. The molecule has 1 aromatic rings. The van der Waals surface area contributed by atoms with Crippen molar-refractivity contribution in [2.45, 2.75) is 18.4 Å². The number of thioether (sulfide) groups is 1. The Bertz CT molecular complexity index is 278. The van der Waals surface area contributed by atoms with Gasteiger partial charge in [-0.15, -0.1) is 11.8 Å². The molecule has 1 N–H and O–H groups in total. The highest BCUT2D eigenvalue weighted by Gasteiger charge is 2.00. The number of hydrogen-bond acceptors (Lipinski definition) is 3. The van der Waals surface area contributed by atoms with Gasteiger partial charge >= 0.3 is 0 Å². The molecule has 1 aromatic carbocycles. The molecule has 1 rings (SSSR count). The molecule has 0 bridgehead atoms. The van der Waals surface area contributed by atoms with Crippen LogP contribution in [0.3, 0.4) is 0 Å². The van der Waals surface area contributed by atoms with E-state index in [4.69, 9.17) is 4.74 Å². The quantitative estimate of drug-likeness (QED) is 0.569. The summed E-state index contributed by atoms with van der Waals surface area (Å²) in [6.07, 6.45) is 0. The van der Waals surface area contributed by atoms with Crippen molar-refractivity contribution in [3.8, 4) is 0 Å². The van der Waals surface area contributed by atoms with Gasteiger partial charge in [-0.3, -0.25) is 0 Å². The smallest absolute Gasteiger partial charge is 0.0587 e. The summed E-state index contributed by atoms with van der Waals surface area (Å²) >= 11 is 1.89. The summed E-state index contributed by atoms with van der Waals surface area (Å²) in [6.45, 7) is 4.77. The Kier molecular flexibility index (Phi) is 6.48. The molecule has 0 fully saturated rings. The lowest BCUT2D eigenvalue weighted by Gasteiger charge is -2.09. The van der Waals surface area contributed by atoms with Crippen molar-refractivity contribution in [3.05, 3.63) is 29.8 Å². The molecule has 0 aromatic heterocycles. The average molecular weight is 225 g/mol. The normalized spacial score (nSPS) is 10.5. The van der Waals surface area contributed by atoms with E-state index in [2.05, 4.69) is 36.5 Å². The Morgan fingerprint density at radius 3 is 2.87 bits per heavy atom. The van der Waals surface area contributed by atoms with E-state index in [9.17, 15) is 0 Å². The number of benzene rings is 1. The lowest BCUT2D eigenvalue weighted by molar-refractivity contribution is 0.199. The standard InChI is InChI=1S/C12H19NOS/c1-3-15-12-7-5-4-6-11(12)10-13-8-9-14-2/h4-7,13H,3,8-10H2,1-2H3. The Labute approximate surface area is 96.4 Å². The van der Waals surface area contributed by atoms with E-state index < -0.39 is 0 Å². The third-order valence-electron chi connectivity index (χ3n) is 2.07. The van der Waals surface area contributed by atoms with E-state index in [-0.39, 0.29) is 0 Å². The van der Waals surface area contributed by atoms with E-state index >= 15 is 0 Å². The third-order valence-corrected chi connectivity index (χ3v) is 3.07. The first-order valence-corrected chi connectivity index (χ1v) is 6.27. The Hall–Kier alpha value is -0.510. The van der Waals surface area contributed by atoms with Crippen LogP contribution in [0.4, 0.5) is 0 Å². The Balaban J connectivity index is 2.44. The molecule has 0 aliphatic carbocycles. The van der Waals surface area contributed by atoms with Gasteiger partial charge in [-0.1, -0.05) is 25.1 Å². The molecule has 0 atom stereocenters. The average Bonchev–Trinajstić information content (AvgIpc) is 2.27. The van der Waals surface area contributed by atoms with E-state index in [1.54, 1.807) is 7.11 Å². The first kappa shape index (κ1) is 12.6. The molecule has 0 amide bonds. The Morgan fingerprint density at radius 1 is 1.33 bits per heavy atom. The molecular formula is C12H19NOS. The maximum absolute atomic E-state index is 4.99. The third kappa shape index (κ3) is 4.69. The zero-order valence-corrected chi connectivity index (χ0v) is 10.3. The fraction of sp³-hybridized carbons (Fsp3) is 0.500. The first-order valence-electron chi connectivity index (χ1n) is 5.28. The van der Waals surface area contributed by atoms with Crippen LogP contribution in [0.5, 0.6) is 0 Å². The number of methoxy groups -OCH3 is 1. The van der Waals surface area contributed by atoms with Crippen LogP contribution in [0.1, 0.15) is 12.5 Å². The van der Waals surface area contributed by atoms with Gasteiger partial charge < -0.3 is 10.1 Å². The molecule has 0 spiro atoms. The van der Waals surface area contributed by atoms with Crippen molar-refractivity contribution in [1.29, 1.82) is 0 Å². The molecule has 3 heteroatoms. The molecular weight excluding hydrogens is 206 g/mol. The zero-order chi connectivity index (χ0) is 10.9. The highest BCUT2D eigenvalue weighted by atomic mass is 32.2. The predicted octanol–water partition coefficient (Wildman–Crippen LogP) is 2.53. The molecule has 0 aliphatic heterocycles. The van der Waals surface area contributed by atoms with Gasteiger partial charge in [-0.25, -0.2) is 0 Å². The molecule has 0 radical (unpaired) electrons. The fourth-order valence-electron chi connectivity index (χ4n) is 1.34. The second-order valence-corrected chi connectivity index (χ2v) is 4.52. The van der Waals surface area contributed by atoms with Crippen LogP contribution in [-0.4, -0.2) is 26.0 Å². The van der Waals surface area contributed by atoms with Gasteiger partial charge in [0.2, 0.25) is 0 Å². The second-order valence-electron chi connectivity index (χ2n) is 3.21. The summed E-state index contributed by atoms with van der Waals surface area (Å²) in [4.78, 5) is 1.38. The van der Waals surface area contributed by atoms with Crippen molar-refractivity contribution in [3.63, 3.8) is 0 Å². The van der Waals surface area contributed by atoms with Crippen molar-refractivity contribution in [2.75, 3.05) is 26.0 Å². The van der Waals surface area contributed by atoms with Gasteiger partial charge in [-0.2, -0.15) is 0 Å². The summed E-state index contributed by atoms with van der Waals surface area (Å²) in [5.74, 6) is 1.12. The van der Waals surface area contributed by atoms with Gasteiger partial charge in [0.1, 0.15) is 0 Å². The molecule has 0 unspecified atom stereocenters. The van der Waals surface area contributed by atoms with Gasteiger partial charge in [-0.05, 0) is 17.4 Å². The van der Waals surface area contributed by atoms with Crippen LogP contribution in [0.2, 0.25) is 0 Å². The zero-order valence-electron chi connectivity index (χ0n) is 9.45. The number of rotatable bonds is 7. The summed E-state index contributed by atoms with van der Waals surface area (Å²) in [5, 5.41) is 3.36. The molecule has 2 nitrogen and oxygen atoms in total. The molecule has 0 saturated heterocycles. The lowest BCUT2D eigenvalue weighted by Crippen LogP contribution is -2.18. The number of hydrogen-bond donors (Lipinski definition) is 1. The molecule has 0 heterocycles. The topological polar surface area (TPSA) is 21.3 Å². The summed E-state index contributed by atoms with van der Waals surface area (Å²) in [7, 11) is 1.72. The maximum Gasteiger partial charge on any atom is 0.0587 e. The van der Waals surface area contributed by atoms with Crippen LogP contribution in [0, 0.1) is 0 Å². The number of ether oxygens (including phenoxy) is 1. The molecule has 0 saturated carbocycles. The summed E-state index contributed by atoms with van der Waals surface area (Å²) in [5.41, 5.74) is 1.38. The van der Waals surface area contributed by atoms with Crippen LogP contribution in [-0.2, 0) is 11.3 Å². The first-order chi connectivity index (χ1) is 7.38. The van der Waals surface area contributed by atoms with Crippen molar-refractivity contribution >= 4 is 11.8 Å².